The molecule has 0 radical (unpaired) electrons. The minimum Gasteiger partial charge on any atom is -0.299 e. The molecule has 1 unspecified atom stereocenters. The number of thiazole rings is 1. The molecule has 2 aromatic rings. The number of aryl methyl sites for hydroxylation is 1. The average Bonchev–Trinajstić information content (AvgIpc) is 2.77. The van der Waals surface area contributed by atoms with Crippen molar-refractivity contribution in [1.29, 1.82) is 0 Å². The summed E-state index contributed by atoms with van der Waals surface area (Å²) in [5.74, 6) is 0. The van der Waals surface area contributed by atoms with Crippen LogP contribution in [0.3, 0.4) is 0 Å². The number of hydrogen-bond acceptors (Lipinski definition) is 4. The summed E-state index contributed by atoms with van der Waals surface area (Å²) in [4.78, 5) is 8.62. The van der Waals surface area contributed by atoms with Crippen LogP contribution in [0.2, 0.25) is 0 Å². The zero-order valence-electron chi connectivity index (χ0n) is 11.3. The molecular formula is C14H19N3S. The van der Waals surface area contributed by atoms with Crippen LogP contribution in [0, 0.1) is 6.92 Å². The van der Waals surface area contributed by atoms with E-state index in [4.69, 9.17) is 0 Å². The van der Waals surface area contributed by atoms with Gasteiger partial charge < -0.3 is 0 Å². The lowest BCUT2D eigenvalue weighted by molar-refractivity contribution is 0.356. The van der Waals surface area contributed by atoms with Gasteiger partial charge in [0.2, 0.25) is 0 Å². The Kier molecular flexibility index (Phi) is 3.78. The van der Waals surface area contributed by atoms with Crippen LogP contribution in [0.4, 0.5) is 0 Å². The van der Waals surface area contributed by atoms with E-state index in [0.29, 0.717) is 0 Å². The van der Waals surface area contributed by atoms with Crippen molar-refractivity contribution in [1.82, 2.24) is 15.3 Å². The molecule has 1 atom stereocenters. The third kappa shape index (κ3) is 2.94. The van der Waals surface area contributed by atoms with E-state index in [1.807, 2.05) is 31.5 Å². The van der Waals surface area contributed by atoms with Gasteiger partial charge in [0.1, 0.15) is 5.01 Å². The first-order valence-corrected chi connectivity index (χ1v) is 6.97. The molecule has 0 spiro atoms. The fraction of sp³-hybridized carbons (Fsp3) is 0.429. The van der Waals surface area contributed by atoms with E-state index in [1.54, 1.807) is 11.3 Å². The monoisotopic (exact) mass is 261 g/mol. The van der Waals surface area contributed by atoms with E-state index < -0.39 is 0 Å². The molecule has 0 aliphatic rings. The molecule has 1 N–H and O–H groups in total. The largest absolute Gasteiger partial charge is 0.299 e. The van der Waals surface area contributed by atoms with E-state index >= 15 is 0 Å². The van der Waals surface area contributed by atoms with Crippen LogP contribution in [-0.2, 0) is 5.54 Å². The van der Waals surface area contributed by atoms with E-state index in [0.717, 1.165) is 10.7 Å². The Bertz CT molecular complexity index is 505. The van der Waals surface area contributed by atoms with Crippen LogP contribution in [0.1, 0.15) is 43.1 Å². The first kappa shape index (κ1) is 13.2. The predicted octanol–water partition coefficient (Wildman–Crippen LogP) is 3.43. The first-order valence-electron chi connectivity index (χ1n) is 6.09. The van der Waals surface area contributed by atoms with Gasteiger partial charge >= 0.3 is 0 Å². The highest BCUT2D eigenvalue weighted by Crippen LogP contribution is 2.27. The van der Waals surface area contributed by atoms with Crippen molar-refractivity contribution in [2.75, 3.05) is 0 Å². The number of hydrogen-bond donors (Lipinski definition) is 1. The fourth-order valence-corrected chi connectivity index (χ4v) is 2.86. The van der Waals surface area contributed by atoms with Gasteiger partial charge in [0.15, 0.2) is 0 Å². The van der Waals surface area contributed by atoms with E-state index in [1.165, 1.54) is 5.56 Å². The second kappa shape index (κ2) is 5.16. The summed E-state index contributed by atoms with van der Waals surface area (Å²) >= 11 is 1.71. The molecule has 0 saturated heterocycles. The van der Waals surface area contributed by atoms with Gasteiger partial charge in [0.25, 0.3) is 0 Å². The molecule has 0 aliphatic heterocycles. The van der Waals surface area contributed by atoms with Crippen molar-refractivity contribution < 1.29 is 0 Å². The fourth-order valence-electron chi connectivity index (χ4n) is 1.98. The minimum absolute atomic E-state index is 0.123. The maximum absolute atomic E-state index is 4.57. The third-order valence-electron chi connectivity index (χ3n) is 2.94. The summed E-state index contributed by atoms with van der Waals surface area (Å²) in [6.45, 7) is 8.53. The first-order chi connectivity index (χ1) is 8.49. The molecule has 2 rings (SSSR count). The van der Waals surface area contributed by atoms with Gasteiger partial charge in [-0.15, -0.1) is 11.3 Å². The van der Waals surface area contributed by atoms with Gasteiger partial charge in [-0.25, -0.2) is 4.98 Å². The molecule has 0 aromatic carbocycles. The van der Waals surface area contributed by atoms with Crippen LogP contribution >= 0.6 is 11.3 Å². The van der Waals surface area contributed by atoms with Crippen molar-refractivity contribution in [3.63, 3.8) is 0 Å². The van der Waals surface area contributed by atoms with Crippen LogP contribution < -0.4 is 5.32 Å². The highest BCUT2D eigenvalue weighted by molar-refractivity contribution is 7.09. The minimum atomic E-state index is -0.123. The van der Waals surface area contributed by atoms with Crippen LogP contribution in [0.5, 0.6) is 0 Å². The number of aromatic nitrogens is 2. The molecular weight excluding hydrogens is 242 g/mol. The van der Waals surface area contributed by atoms with Crippen molar-refractivity contribution in [3.05, 3.63) is 46.2 Å². The van der Waals surface area contributed by atoms with Crippen molar-refractivity contribution in [2.24, 2.45) is 0 Å². The molecule has 0 saturated carbocycles. The second-order valence-corrected chi connectivity index (χ2v) is 5.92. The van der Waals surface area contributed by atoms with Crippen molar-refractivity contribution in [3.8, 4) is 0 Å². The molecule has 0 aliphatic carbocycles. The summed E-state index contributed by atoms with van der Waals surface area (Å²) in [5, 5.41) is 6.84. The topological polar surface area (TPSA) is 37.8 Å². The summed E-state index contributed by atoms with van der Waals surface area (Å²) in [7, 11) is 0. The van der Waals surface area contributed by atoms with Gasteiger partial charge in [0, 0.05) is 29.5 Å². The molecule has 18 heavy (non-hydrogen) atoms. The standard InChI is InChI=1S/C14H19N3S/c1-10-9-18-13(16-10)14(3,4)17-11(2)12-5-7-15-8-6-12/h5-9,11,17H,1-4H3. The molecule has 0 fully saturated rings. The smallest absolute Gasteiger partial charge is 0.112 e. The Morgan fingerprint density at radius 1 is 1.28 bits per heavy atom. The lowest BCUT2D eigenvalue weighted by Gasteiger charge is -2.28. The van der Waals surface area contributed by atoms with Gasteiger partial charge in [-0.2, -0.15) is 0 Å². The van der Waals surface area contributed by atoms with Crippen LogP contribution in [0.25, 0.3) is 0 Å². The number of pyridine rings is 1. The summed E-state index contributed by atoms with van der Waals surface area (Å²) < 4.78 is 0. The molecule has 0 bridgehead atoms. The maximum Gasteiger partial charge on any atom is 0.112 e. The van der Waals surface area contributed by atoms with Gasteiger partial charge in [-0.05, 0) is 45.4 Å². The van der Waals surface area contributed by atoms with Crippen LogP contribution in [0.15, 0.2) is 29.9 Å². The molecule has 3 nitrogen and oxygen atoms in total. The van der Waals surface area contributed by atoms with Gasteiger partial charge in [-0.1, -0.05) is 0 Å². The molecule has 0 amide bonds. The summed E-state index contributed by atoms with van der Waals surface area (Å²) in [6, 6.07) is 4.36. The third-order valence-corrected chi connectivity index (χ3v) is 4.22. The van der Waals surface area contributed by atoms with Gasteiger partial charge in [0.05, 0.1) is 5.54 Å². The van der Waals surface area contributed by atoms with E-state index in [2.05, 4.69) is 41.4 Å². The Morgan fingerprint density at radius 2 is 1.94 bits per heavy atom. The molecule has 2 heterocycles. The SMILES string of the molecule is Cc1csc(C(C)(C)NC(C)c2ccncc2)n1. The quantitative estimate of drug-likeness (QED) is 0.916. The van der Waals surface area contributed by atoms with E-state index in [9.17, 15) is 0 Å². The Labute approximate surface area is 112 Å². The predicted molar refractivity (Wildman–Crippen MR) is 75.7 cm³/mol. The second-order valence-electron chi connectivity index (χ2n) is 5.07. The zero-order chi connectivity index (χ0) is 13.2. The van der Waals surface area contributed by atoms with Crippen molar-refractivity contribution in [2.45, 2.75) is 39.3 Å². The van der Waals surface area contributed by atoms with Crippen molar-refractivity contribution >= 4 is 11.3 Å². The van der Waals surface area contributed by atoms with Gasteiger partial charge in [-0.3, -0.25) is 10.3 Å². The highest BCUT2D eigenvalue weighted by Gasteiger charge is 2.25. The Hall–Kier alpha value is -1.26. The highest BCUT2D eigenvalue weighted by atomic mass is 32.1. The Balaban J connectivity index is 2.13. The Morgan fingerprint density at radius 3 is 2.50 bits per heavy atom. The lowest BCUT2D eigenvalue weighted by Crippen LogP contribution is -2.38. The molecule has 96 valence electrons. The normalized spacial score (nSPS) is 13.6. The summed E-state index contributed by atoms with van der Waals surface area (Å²) in [6.07, 6.45) is 3.65. The van der Waals surface area contributed by atoms with Crippen LogP contribution in [-0.4, -0.2) is 9.97 Å². The van der Waals surface area contributed by atoms with E-state index in [-0.39, 0.29) is 11.6 Å². The molecule has 4 heteroatoms. The molecule has 2 aromatic heterocycles. The number of nitrogens with zero attached hydrogens (tertiary/aromatic N) is 2. The number of nitrogens with one attached hydrogen (secondary N) is 1. The zero-order valence-corrected chi connectivity index (χ0v) is 12.1. The lowest BCUT2D eigenvalue weighted by atomic mass is 10.0. The average molecular weight is 261 g/mol. The number of rotatable bonds is 4. The maximum atomic E-state index is 4.57. The summed E-state index contributed by atoms with van der Waals surface area (Å²) in [5.41, 5.74) is 2.20.